The largest absolute Gasteiger partial charge is 0.416 e. The highest BCUT2D eigenvalue weighted by Gasteiger charge is 2.32. The summed E-state index contributed by atoms with van der Waals surface area (Å²) in [6.07, 6.45) is -2.84. The van der Waals surface area contributed by atoms with Gasteiger partial charge in [0.1, 0.15) is 0 Å². The summed E-state index contributed by atoms with van der Waals surface area (Å²) in [7, 11) is 0. The Morgan fingerprint density at radius 2 is 1.67 bits per heavy atom. The molecular formula is C14H7Cl2F3N2. The topological polar surface area (TPSA) is 28.7 Å². The van der Waals surface area contributed by atoms with E-state index in [1.807, 2.05) is 0 Å². The fraction of sp³-hybridized carbons (Fsp3) is 0.0714. The second-order valence-electron chi connectivity index (χ2n) is 4.48. The number of H-pyrrole nitrogens is 1. The molecule has 1 N–H and O–H groups in total. The molecular weight excluding hydrogens is 324 g/mol. The van der Waals surface area contributed by atoms with Crippen LogP contribution < -0.4 is 0 Å². The van der Waals surface area contributed by atoms with Crippen molar-refractivity contribution in [3.05, 3.63) is 52.1 Å². The van der Waals surface area contributed by atoms with E-state index in [-0.39, 0.29) is 10.0 Å². The maximum atomic E-state index is 12.7. The zero-order chi connectivity index (χ0) is 15.2. The monoisotopic (exact) mass is 330 g/mol. The normalized spacial score (nSPS) is 12.0. The lowest BCUT2D eigenvalue weighted by molar-refractivity contribution is -0.137. The van der Waals surface area contributed by atoms with Gasteiger partial charge in [0.2, 0.25) is 0 Å². The quantitative estimate of drug-likeness (QED) is 0.622. The van der Waals surface area contributed by atoms with Crippen molar-refractivity contribution in [3.63, 3.8) is 0 Å². The lowest BCUT2D eigenvalue weighted by Gasteiger charge is -2.12. The van der Waals surface area contributed by atoms with Crippen LogP contribution in [0.15, 0.2) is 36.5 Å². The number of hydrogen-bond donors (Lipinski definition) is 1. The molecule has 0 unspecified atom stereocenters. The molecule has 3 rings (SSSR count). The molecule has 2 aromatic carbocycles. The second kappa shape index (κ2) is 4.93. The van der Waals surface area contributed by atoms with Crippen LogP contribution in [0.4, 0.5) is 13.2 Å². The van der Waals surface area contributed by atoms with Crippen molar-refractivity contribution in [2.75, 3.05) is 0 Å². The van der Waals surface area contributed by atoms with Crippen LogP contribution in [0.2, 0.25) is 10.0 Å². The van der Waals surface area contributed by atoms with Crippen molar-refractivity contribution in [1.82, 2.24) is 10.2 Å². The van der Waals surface area contributed by atoms with E-state index in [4.69, 9.17) is 23.2 Å². The fourth-order valence-electron chi connectivity index (χ4n) is 2.11. The molecule has 3 aromatic rings. The number of alkyl halides is 3. The van der Waals surface area contributed by atoms with Gasteiger partial charge in [-0.25, -0.2) is 0 Å². The summed E-state index contributed by atoms with van der Waals surface area (Å²) in [5, 5.41) is 7.47. The Morgan fingerprint density at radius 3 is 2.29 bits per heavy atom. The smallest absolute Gasteiger partial charge is 0.278 e. The van der Waals surface area contributed by atoms with Gasteiger partial charge in [0, 0.05) is 10.9 Å². The third-order valence-electron chi connectivity index (χ3n) is 3.10. The zero-order valence-electron chi connectivity index (χ0n) is 10.3. The molecule has 21 heavy (non-hydrogen) atoms. The number of hydrogen-bond acceptors (Lipinski definition) is 1. The van der Waals surface area contributed by atoms with Gasteiger partial charge < -0.3 is 0 Å². The highest BCUT2D eigenvalue weighted by Crippen LogP contribution is 2.40. The first-order valence-corrected chi connectivity index (χ1v) is 6.61. The van der Waals surface area contributed by atoms with E-state index in [1.165, 1.54) is 0 Å². The average molecular weight is 331 g/mol. The first-order chi connectivity index (χ1) is 9.86. The van der Waals surface area contributed by atoms with Crippen LogP contribution in [-0.2, 0) is 6.18 Å². The molecule has 0 atom stereocenters. The summed E-state index contributed by atoms with van der Waals surface area (Å²) in [5.74, 6) is 0. The molecule has 0 fully saturated rings. The Labute approximate surface area is 127 Å². The molecule has 0 aliphatic heterocycles. The molecule has 7 heteroatoms. The highest BCUT2D eigenvalue weighted by atomic mass is 35.5. The molecule has 0 radical (unpaired) electrons. The number of rotatable bonds is 1. The number of nitrogens with zero attached hydrogens (tertiary/aromatic N) is 1. The number of fused-ring (bicyclic) bond motifs is 1. The summed E-state index contributed by atoms with van der Waals surface area (Å²) < 4.78 is 38.2. The number of nitrogens with one attached hydrogen (secondary N) is 1. The Balaban J connectivity index is 2.18. The van der Waals surface area contributed by atoms with Crippen molar-refractivity contribution in [2.45, 2.75) is 6.18 Å². The summed E-state index contributed by atoms with van der Waals surface area (Å²) >= 11 is 12.0. The molecule has 2 nitrogen and oxygen atoms in total. The maximum absolute atomic E-state index is 12.7. The van der Waals surface area contributed by atoms with Gasteiger partial charge in [-0.15, -0.1) is 0 Å². The van der Waals surface area contributed by atoms with E-state index in [0.717, 1.165) is 23.0 Å². The van der Waals surface area contributed by atoms with Gasteiger partial charge in [-0.2, -0.15) is 18.3 Å². The lowest BCUT2D eigenvalue weighted by atomic mass is 10.0. The van der Waals surface area contributed by atoms with Gasteiger partial charge in [-0.05, 0) is 23.8 Å². The predicted octanol–water partition coefficient (Wildman–Crippen LogP) is 5.56. The molecule has 0 aliphatic carbocycles. The van der Waals surface area contributed by atoms with Crippen LogP contribution in [0.5, 0.6) is 0 Å². The Morgan fingerprint density at radius 1 is 1.00 bits per heavy atom. The van der Waals surface area contributed by atoms with Crippen LogP contribution >= 0.6 is 23.2 Å². The number of benzene rings is 2. The van der Waals surface area contributed by atoms with Gasteiger partial charge in [0.05, 0.1) is 27.3 Å². The Hall–Kier alpha value is -1.72. The molecule has 1 heterocycles. The third-order valence-corrected chi connectivity index (χ3v) is 3.70. The minimum absolute atomic E-state index is 0.0475. The summed E-state index contributed by atoms with van der Waals surface area (Å²) in [6, 6.07) is 7.01. The summed E-state index contributed by atoms with van der Waals surface area (Å²) in [4.78, 5) is 0. The standard InChI is InChI=1S/C14H7Cl2F3N2/c15-10-4-9(14(17,18)19)5-11(16)13(10)7-1-2-8-6-20-21-12(8)3-7/h1-6H,(H,20,21). The molecule has 0 aliphatic rings. The van der Waals surface area contributed by atoms with Crippen molar-refractivity contribution in [1.29, 1.82) is 0 Å². The van der Waals surface area contributed by atoms with Crippen LogP contribution in [0.25, 0.3) is 22.0 Å². The molecule has 0 saturated carbocycles. The van der Waals surface area contributed by atoms with E-state index in [0.29, 0.717) is 11.1 Å². The van der Waals surface area contributed by atoms with Crippen LogP contribution in [-0.4, -0.2) is 10.2 Å². The van der Waals surface area contributed by atoms with Crippen molar-refractivity contribution >= 4 is 34.1 Å². The molecule has 0 amide bonds. The first-order valence-electron chi connectivity index (χ1n) is 5.86. The predicted molar refractivity (Wildman–Crippen MR) is 76.6 cm³/mol. The molecule has 0 saturated heterocycles. The van der Waals surface area contributed by atoms with E-state index in [2.05, 4.69) is 10.2 Å². The van der Waals surface area contributed by atoms with Gasteiger partial charge in [0.15, 0.2) is 0 Å². The second-order valence-corrected chi connectivity index (χ2v) is 5.30. The molecule has 108 valence electrons. The fourth-order valence-corrected chi connectivity index (χ4v) is 2.81. The van der Waals surface area contributed by atoms with Crippen LogP contribution in [0.3, 0.4) is 0 Å². The maximum Gasteiger partial charge on any atom is 0.416 e. The third kappa shape index (κ3) is 2.59. The van der Waals surface area contributed by atoms with E-state index >= 15 is 0 Å². The van der Waals surface area contributed by atoms with E-state index < -0.39 is 11.7 Å². The van der Waals surface area contributed by atoms with Crippen LogP contribution in [0, 0.1) is 0 Å². The van der Waals surface area contributed by atoms with Crippen molar-refractivity contribution in [2.24, 2.45) is 0 Å². The number of halogens is 5. The number of aromatic nitrogens is 2. The first kappa shape index (κ1) is 14.2. The van der Waals surface area contributed by atoms with Crippen LogP contribution in [0.1, 0.15) is 5.56 Å². The van der Waals surface area contributed by atoms with Gasteiger partial charge in [-0.3, -0.25) is 5.10 Å². The Bertz CT molecular complexity index is 801. The molecule has 1 aromatic heterocycles. The average Bonchev–Trinajstić information content (AvgIpc) is 2.84. The minimum Gasteiger partial charge on any atom is -0.278 e. The molecule has 0 bridgehead atoms. The zero-order valence-corrected chi connectivity index (χ0v) is 11.8. The Kier molecular flexibility index (Phi) is 3.34. The van der Waals surface area contributed by atoms with Crippen molar-refractivity contribution < 1.29 is 13.2 Å². The SMILES string of the molecule is FC(F)(F)c1cc(Cl)c(-c2ccc3cn[nH]c3c2)c(Cl)c1. The molecule has 0 spiro atoms. The van der Waals surface area contributed by atoms with E-state index in [9.17, 15) is 13.2 Å². The lowest BCUT2D eigenvalue weighted by Crippen LogP contribution is -2.05. The number of aromatic amines is 1. The minimum atomic E-state index is -4.49. The van der Waals surface area contributed by atoms with Gasteiger partial charge in [0.25, 0.3) is 0 Å². The van der Waals surface area contributed by atoms with Gasteiger partial charge >= 0.3 is 6.18 Å². The van der Waals surface area contributed by atoms with Gasteiger partial charge in [-0.1, -0.05) is 35.3 Å². The summed E-state index contributed by atoms with van der Waals surface area (Å²) in [5.41, 5.74) is 0.863. The highest BCUT2D eigenvalue weighted by molar-refractivity contribution is 6.39. The van der Waals surface area contributed by atoms with E-state index in [1.54, 1.807) is 24.4 Å². The van der Waals surface area contributed by atoms with Crippen molar-refractivity contribution in [3.8, 4) is 11.1 Å². The summed E-state index contributed by atoms with van der Waals surface area (Å²) in [6.45, 7) is 0.